The van der Waals surface area contributed by atoms with Gasteiger partial charge in [-0.05, 0) is 55.4 Å². The van der Waals surface area contributed by atoms with E-state index in [2.05, 4.69) is 0 Å². The van der Waals surface area contributed by atoms with E-state index in [4.69, 9.17) is 9.84 Å². The molecule has 0 saturated carbocycles. The van der Waals surface area contributed by atoms with Crippen molar-refractivity contribution in [3.05, 3.63) is 35.4 Å². The van der Waals surface area contributed by atoms with Gasteiger partial charge in [0.15, 0.2) is 0 Å². The lowest BCUT2D eigenvalue weighted by Crippen LogP contribution is -2.31. The predicted molar refractivity (Wildman–Crippen MR) is 81.0 cm³/mol. The van der Waals surface area contributed by atoms with Gasteiger partial charge in [-0.2, -0.15) is 0 Å². The van der Waals surface area contributed by atoms with Gasteiger partial charge >= 0.3 is 5.97 Å². The van der Waals surface area contributed by atoms with Crippen LogP contribution in [0.4, 0.5) is 0 Å². The molecule has 0 aromatic heterocycles. The first-order valence-corrected chi connectivity index (χ1v) is 7.85. The molecular formula is C17H21NO4. The van der Waals surface area contributed by atoms with E-state index >= 15 is 0 Å². The number of carboxylic acids is 1. The number of nitrogens with zero attached hydrogens (tertiary/aromatic N) is 1. The minimum absolute atomic E-state index is 0.00602. The van der Waals surface area contributed by atoms with E-state index in [0.717, 1.165) is 45.6 Å². The van der Waals surface area contributed by atoms with Crippen molar-refractivity contribution in [2.75, 3.05) is 26.3 Å². The summed E-state index contributed by atoms with van der Waals surface area (Å²) in [5.41, 5.74) is 0.774. The van der Waals surface area contributed by atoms with E-state index in [0.29, 0.717) is 17.4 Å². The molecule has 0 aliphatic carbocycles. The number of carbonyl (C=O) groups excluding carboxylic acids is 1. The Morgan fingerprint density at radius 2 is 1.64 bits per heavy atom. The third kappa shape index (κ3) is 3.14. The van der Waals surface area contributed by atoms with E-state index < -0.39 is 5.97 Å². The van der Waals surface area contributed by atoms with E-state index in [1.807, 2.05) is 4.90 Å². The quantitative estimate of drug-likeness (QED) is 0.930. The third-order valence-corrected chi connectivity index (χ3v) is 4.82. The number of carbonyl (C=O) groups is 2. The zero-order chi connectivity index (χ0) is 15.5. The molecule has 0 bridgehead atoms. The first kappa shape index (κ1) is 15.0. The van der Waals surface area contributed by atoms with Crippen LogP contribution in [0.3, 0.4) is 0 Å². The molecule has 0 unspecified atom stereocenters. The third-order valence-electron chi connectivity index (χ3n) is 4.82. The molecule has 2 fully saturated rings. The summed E-state index contributed by atoms with van der Waals surface area (Å²) < 4.78 is 5.40. The number of hydrogen-bond donors (Lipinski definition) is 1. The number of likely N-dealkylation sites (tertiary alicyclic amines) is 1. The summed E-state index contributed by atoms with van der Waals surface area (Å²) in [6.45, 7) is 3.28. The second-order valence-corrected chi connectivity index (χ2v) is 6.13. The van der Waals surface area contributed by atoms with Crippen molar-refractivity contribution >= 4 is 11.9 Å². The van der Waals surface area contributed by atoms with Crippen molar-refractivity contribution in [1.29, 1.82) is 0 Å². The SMILES string of the molecule is O=C(O)c1ccc(C(=O)N2CC[C@@H](C3CCOCC3)C2)cc1. The number of ether oxygens (including phenoxy) is 1. The van der Waals surface area contributed by atoms with Crippen LogP contribution in [0, 0.1) is 11.8 Å². The molecule has 1 atom stereocenters. The maximum atomic E-state index is 12.5. The second-order valence-electron chi connectivity index (χ2n) is 6.13. The lowest BCUT2D eigenvalue weighted by molar-refractivity contribution is 0.0471. The van der Waals surface area contributed by atoms with Crippen LogP contribution in [0.15, 0.2) is 24.3 Å². The molecule has 2 saturated heterocycles. The molecule has 1 amide bonds. The summed E-state index contributed by atoms with van der Waals surface area (Å²) in [4.78, 5) is 25.3. The number of benzene rings is 1. The fourth-order valence-corrected chi connectivity index (χ4v) is 3.48. The second kappa shape index (κ2) is 6.48. The molecule has 5 heteroatoms. The van der Waals surface area contributed by atoms with Crippen LogP contribution in [0.1, 0.15) is 40.0 Å². The average molecular weight is 303 g/mol. The Labute approximate surface area is 129 Å². The van der Waals surface area contributed by atoms with E-state index in [9.17, 15) is 9.59 Å². The number of carboxylic acid groups (broad SMARTS) is 1. The monoisotopic (exact) mass is 303 g/mol. The highest BCUT2D eigenvalue weighted by Gasteiger charge is 2.32. The highest BCUT2D eigenvalue weighted by atomic mass is 16.5. The van der Waals surface area contributed by atoms with Crippen molar-refractivity contribution in [3.63, 3.8) is 0 Å². The molecule has 2 aliphatic heterocycles. The van der Waals surface area contributed by atoms with Crippen molar-refractivity contribution in [2.24, 2.45) is 11.8 Å². The maximum Gasteiger partial charge on any atom is 0.335 e. The van der Waals surface area contributed by atoms with Gasteiger partial charge < -0.3 is 14.7 Å². The zero-order valence-electron chi connectivity index (χ0n) is 12.5. The number of amides is 1. The molecule has 5 nitrogen and oxygen atoms in total. The zero-order valence-corrected chi connectivity index (χ0v) is 12.5. The number of hydrogen-bond acceptors (Lipinski definition) is 3. The van der Waals surface area contributed by atoms with Crippen LogP contribution in [-0.4, -0.2) is 48.2 Å². The largest absolute Gasteiger partial charge is 0.478 e. The molecule has 22 heavy (non-hydrogen) atoms. The Balaban J connectivity index is 1.62. The lowest BCUT2D eigenvalue weighted by Gasteiger charge is -2.27. The molecular weight excluding hydrogens is 282 g/mol. The highest BCUT2D eigenvalue weighted by Crippen LogP contribution is 2.31. The van der Waals surface area contributed by atoms with Crippen molar-refractivity contribution in [3.8, 4) is 0 Å². The van der Waals surface area contributed by atoms with Crippen molar-refractivity contribution < 1.29 is 19.4 Å². The maximum absolute atomic E-state index is 12.5. The molecule has 0 radical (unpaired) electrons. The smallest absolute Gasteiger partial charge is 0.335 e. The standard InChI is InChI=1S/C17H21NO4/c19-16(13-1-3-14(4-2-13)17(20)21)18-8-5-15(11-18)12-6-9-22-10-7-12/h1-4,12,15H,5-11H2,(H,20,21)/t15-/m1/s1. The van der Waals surface area contributed by atoms with Crippen LogP contribution >= 0.6 is 0 Å². The van der Waals surface area contributed by atoms with Gasteiger partial charge in [-0.15, -0.1) is 0 Å². The first-order chi connectivity index (χ1) is 10.6. The summed E-state index contributed by atoms with van der Waals surface area (Å²) in [5.74, 6) is 0.276. The summed E-state index contributed by atoms with van der Waals surface area (Å²) in [5, 5.41) is 8.90. The van der Waals surface area contributed by atoms with Gasteiger partial charge in [-0.3, -0.25) is 4.79 Å². The van der Waals surface area contributed by atoms with Crippen molar-refractivity contribution in [2.45, 2.75) is 19.3 Å². The molecule has 1 aromatic carbocycles. The molecule has 1 N–H and O–H groups in total. The number of rotatable bonds is 3. The Hall–Kier alpha value is -1.88. The van der Waals surface area contributed by atoms with E-state index in [1.165, 1.54) is 12.1 Å². The van der Waals surface area contributed by atoms with E-state index in [-0.39, 0.29) is 11.5 Å². The van der Waals surface area contributed by atoms with Gasteiger partial charge in [-0.25, -0.2) is 4.79 Å². The summed E-state index contributed by atoms with van der Waals surface area (Å²) in [6.07, 6.45) is 3.25. The van der Waals surface area contributed by atoms with Crippen LogP contribution < -0.4 is 0 Å². The Morgan fingerprint density at radius 3 is 2.27 bits per heavy atom. The van der Waals surface area contributed by atoms with Gasteiger partial charge in [0.05, 0.1) is 5.56 Å². The molecule has 0 spiro atoms. The van der Waals surface area contributed by atoms with Gasteiger partial charge in [0.1, 0.15) is 0 Å². The van der Waals surface area contributed by atoms with Crippen LogP contribution in [0.25, 0.3) is 0 Å². The molecule has 2 aliphatic rings. The average Bonchev–Trinajstić information content (AvgIpc) is 3.05. The first-order valence-electron chi connectivity index (χ1n) is 7.85. The predicted octanol–water partition coefficient (Wildman–Crippen LogP) is 2.27. The topological polar surface area (TPSA) is 66.8 Å². The normalized spacial score (nSPS) is 22.7. The fraction of sp³-hybridized carbons (Fsp3) is 0.529. The Bertz CT molecular complexity index is 548. The minimum atomic E-state index is -0.972. The van der Waals surface area contributed by atoms with Crippen molar-refractivity contribution in [1.82, 2.24) is 4.90 Å². The van der Waals surface area contributed by atoms with Gasteiger partial charge in [0.2, 0.25) is 0 Å². The summed E-state index contributed by atoms with van der Waals surface area (Å²) in [6, 6.07) is 6.18. The molecule has 2 heterocycles. The summed E-state index contributed by atoms with van der Waals surface area (Å²) >= 11 is 0. The van der Waals surface area contributed by atoms with Crippen LogP contribution in [-0.2, 0) is 4.74 Å². The molecule has 118 valence electrons. The van der Waals surface area contributed by atoms with Gasteiger partial charge in [0, 0.05) is 31.9 Å². The Kier molecular flexibility index (Phi) is 4.43. The highest BCUT2D eigenvalue weighted by molar-refractivity contribution is 5.96. The lowest BCUT2D eigenvalue weighted by atomic mass is 9.85. The molecule has 3 rings (SSSR count). The minimum Gasteiger partial charge on any atom is -0.478 e. The summed E-state index contributed by atoms with van der Waals surface area (Å²) in [7, 11) is 0. The van der Waals surface area contributed by atoms with Gasteiger partial charge in [-0.1, -0.05) is 0 Å². The van der Waals surface area contributed by atoms with Crippen LogP contribution in [0.5, 0.6) is 0 Å². The van der Waals surface area contributed by atoms with Crippen LogP contribution in [0.2, 0.25) is 0 Å². The fourth-order valence-electron chi connectivity index (χ4n) is 3.48. The Morgan fingerprint density at radius 1 is 1.00 bits per heavy atom. The van der Waals surface area contributed by atoms with Gasteiger partial charge in [0.25, 0.3) is 5.91 Å². The number of aromatic carboxylic acids is 1. The van der Waals surface area contributed by atoms with E-state index in [1.54, 1.807) is 12.1 Å². The molecule has 1 aromatic rings.